The summed E-state index contributed by atoms with van der Waals surface area (Å²) >= 11 is 16.1. The Morgan fingerprint density at radius 2 is 2.25 bits per heavy atom. The fraction of sp³-hybridized carbons (Fsp3) is 0.636. The molecule has 0 radical (unpaired) electrons. The highest BCUT2D eigenvalue weighted by Crippen LogP contribution is 2.37. The zero-order chi connectivity index (χ0) is 15.1. The van der Waals surface area contributed by atoms with Gasteiger partial charge >= 0.3 is 0 Å². The number of hydrogen-bond donors (Lipinski definition) is 0. The molecular weight excluding hydrogens is 409 g/mol. The van der Waals surface area contributed by atoms with Gasteiger partial charge in [-0.3, -0.25) is 0 Å². The van der Waals surface area contributed by atoms with Gasteiger partial charge in [0.25, 0.3) is 10.0 Å². The zero-order valence-electron chi connectivity index (χ0n) is 10.9. The van der Waals surface area contributed by atoms with Crippen molar-refractivity contribution in [2.75, 3.05) is 19.0 Å². The van der Waals surface area contributed by atoms with Crippen LogP contribution in [-0.2, 0) is 14.8 Å². The van der Waals surface area contributed by atoms with Gasteiger partial charge in [-0.05, 0) is 35.8 Å². The summed E-state index contributed by atoms with van der Waals surface area (Å²) in [6.45, 7) is 4.25. The fourth-order valence-electron chi connectivity index (χ4n) is 2.09. The van der Waals surface area contributed by atoms with Crippen LogP contribution in [0, 0.1) is 0 Å². The SMILES string of the molecule is CC1(C)CN(S(=O)(=O)c2cc(Cl)c(Br)s2)CC(CCl)O1. The Morgan fingerprint density at radius 1 is 1.60 bits per heavy atom. The van der Waals surface area contributed by atoms with Crippen molar-refractivity contribution in [1.29, 1.82) is 0 Å². The summed E-state index contributed by atoms with van der Waals surface area (Å²) in [6, 6.07) is 1.46. The maximum atomic E-state index is 12.7. The molecule has 1 atom stereocenters. The minimum Gasteiger partial charge on any atom is -0.368 e. The van der Waals surface area contributed by atoms with Crippen molar-refractivity contribution >= 4 is 60.5 Å². The van der Waals surface area contributed by atoms with E-state index in [0.29, 0.717) is 8.81 Å². The van der Waals surface area contributed by atoms with Crippen LogP contribution in [0.25, 0.3) is 0 Å². The van der Waals surface area contributed by atoms with Crippen molar-refractivity contribution in [3.63, 3.8) is 0 Å². The van der Waals surface area contributed by atoms with Gasteiger partial charge in [0, 0.05) is 19.0 Å². The molecule has 0 aliphatic carbocycles. The molecule has 0 bridgehead atoms. The molecule has 0 aromatic carbocycles. The lowest BCUT2D eigenvalue weighted by Crippen LogP contribution is -2.54. The minimum atomic E-state index is -3.58. The van der Waals surface area contributed by atoms with Gasteiger partial charge in [0.15, 0.2) is 0 Å². The number of halogens is 3. The second-order valence-electron chi connectivity index (χ2n) is 5.14. The third-order valence-electron chi connectivity index (χ3n) is 2.84. The third-order valence-corrected chi connectivity index (χ3v) is 7.92. The molecule has 1 aromatic rings. The topological polar surface area (TPSA) is 46.6 Å². The van der Waals surface area contributed by atoms with Gasteiger partial charge in [-0.15, -0.1) is 22.9 Å². The molecule has 9 heteroatoms. The van der Waals surface area contributed by atoms with Gasteiger partial charge in [-0.2, -0.15) is 4.31 Å². The second-order valence-corrected chi connectivity index (χ2v) is 10.4. The molecule has 0 saturated carbocycles. The van der Waals surface area contributed by atoms with E-state index in [9.17, 15) is 8.42 Å². The van der Waals surface area contributed by atoms with E-state index in [1.165, 1.54) is 10.4 Å². The standard InChI is InChI=1S/C11H14BrCl2NO3S2/c1-11(2)6-15(5-7(4-13)18-11)20(16,17)9-3-8(14)10(12)19-9/h3,7H,4-6H2,1-2H3. The zero-order valence-corrected chi connectivity index (χ0v) is 15.6. The van der Waals surface area contributed by atoms with E-state index in [2.05, 4.69) is 15.9 Å². The molecule has 2 rings (SSSR count). The van der Waals surface area contributed by atoms with Crippen LogP contribution >= 0.6 is 50.5 Å². The van der Waals surface area contributed by atoms with E-state index in [0.717, 1.165) is 11.3 Å². The van der Waals surface area contributed by atoms with Crippen molar-refractivity contribution in [3.8, 4) is 0 Å². The molecule has 1 aromatic heterocycles. The molecule has 0 N–H and O–H groups in total. The van der Waals surface area contributed by atoms with Gasteiger partial charge < -0.3 is 4.74 Å². The van der Waals surface area contributed by atoms with E-state index in [4.69, 9.17) is 27.9 Å². The van der Waals surface area contributed by atoms with Crippen LogP contribution in [0.15, 0.2) is 14.1 Å². The maximum absolute atomic E-state index is 12.7. The van der Waals surface area contributed by atoms with E-state index in [-0.39, 0.29) is 29.3 Å². The first-order chi connectivity index (χ1) is 9.15. The molecule has 0 spiro atoms. The van der Waals surface area contributed by atoms with Crippen molar-refractivity contribution < 1.29 is 13.2 Å². The maximum Gasteiger partial charge on any atom is 0.252 e. The van der Waals surface area contributed by atoms with E-state index in [1.54, 1.807) is 0 Å². The molecule has 1 aliphatic rings. The number of thiophene rings is 1. The minimum absolute atomic E-state index is 0.223. The van der Waals surface area contributed by atoms with Gasteiger partial charge in [0.1, 0.15) is 4.21 Å². The number of morpholine rings is 1. The van der Waals surface area contributed by atoms with Crippen LogP contribution in [0.4, 0.5) is 0 Å². The lowest BCUT2D eigenvalue weighted by molar-refractivity contribution is -0.107. The summed E-state index contributed by atoms with van der Waals surface area (Å²) in [7, 11) is -3.58. The number of alkyl halides is 1. The van der Waals surface area contributed by atoms with Gasteiger partial charge in [0.05, 0.1) is 20.5 Å². The van der Waals surface area contributed by atoms with Crippen molar-refractivity contribution in [2.45, 2.75) is 29.8 Å². The molecule has 0 amide bonds. The first-order valence-corrected chi connectivity index (χ1v) is 9.81. The summed E-state index contributed by atoms with van der Waals surface area (Å²) in [4.78, 5) is 0. The molecule has 1 unspecified atom stereocenters. The predicted octanol–water partition coefficient (Wildman–Crippen LogP) is 3.57. The number of sulfonamides is 1. The second kappa shape index (κ2) is 6.02. The Balaban J connectivity index is 2.33. The Kier molecular flexibility index (Phi) is 5.12. The smallest absolute Gasteiger partial charge is 0.252 e. The van der Waals surface area contributed by atoms with Gasteiger partial charge in [-0.25, -0.2) is 8.42 Å². The molecule has 2 heterocycles. The molecule has 4 nitrogen and oxygen atoms in total. The Morgan fingerprint density at radius 3 is 2.75 bits per heavy atom. The van der Waals surface area contributed by atoms with E-state index >= 15 is 0 Å². The highest BCUT2D eigenvalue weighted by Gasteiger charge is 2.39. The summed E-state index contributed by atoms with van der Waals surface area (Å²) in [5, 5.41) is 0.398. The van der Waals surface area contributed by atoms with Crippen LogP contribution in [0.5, 0.6) is 0 Å². The average molecular weight is 423 g/mol. The Hall–Kier alpha value is 0.630. The summed E-state index contributed by atoms with van der Waals surface area (Å²) in [5.41, 5.74) is -0.566. The molecule has 1 saturated heterocycles. The van der Waals surface area contributed by atoms with Crippen LogP contribution in [0.3, 0.4) is 0 Å². The van der Waals surface area contributed by atoms with Crippen molar-refractivity contribution in [3.05, 3.63) is 14.9 Å². The largest absolute Gasteiger partial charge is 0.368 e. The number of ether oxygens (including phenoxy) is 1. The number of nitrogens with zero attached hydrogens (tertiary/aromatic N) is 1. The normalized spacial score (nSPS) is 23.9. The third kappa shape index (κ3) is 3.51. The first kappa shape index (κ1) is 17.0. The highest BCUT2D eigenvalue weighted by molar-refractivity contribution is 9.11. The fourth-order valence-corrected chi connectivity index (χ4v) is 6.42. The van der Waals surface area contributed by atoms with E-state index < -0.39 is 15.6 Å². The van der Waals surface area contributed by atoms with Gasteiger partial charge in [0.2, 0.25) is 0 Å². The molecule has 114 valence electrons. The lowest BCUT2D eigenvalue weighted by Gasteiger charge is -2.41. The Labute approximate surface area is 141 Å². The van der Waals surface area contributed by atoms with E-state index in [1.807, 2.05) is 13.8 Å². The number of hydrogen-bond acceptors (Lipinski definition) is 4. The Bertz CT molecular complexity index is 583. The monoisotopic (exact) mass is 421 g/mol. The van der Waals surface area contributed by atoms with Crippen molar-refractivity contribution in [2.24, 2.45) is 0 Å². The predicted molar refractivity (Wildman–Crippen MR) is 85.5 cm³/mol. The summed E-state index contributed by atoms with van der Waals surface area (Å²) in [5.74, 6) is 0.254. The molecule has 1 aliphatic heterocycles. The molecule has 1 fully saturated rings. The van der Waals surface area contributed by atoms with Crippen LogP contribution < -0.4 is 0 Å². The molecular formula is C11H14BrCl2NO3S2. The molecule has 20 heavy (non-hydrogen) atoms. The van der Waals surface area contributed by atoms with Crippen LogP contribution in [0.2, 0.25) is 5.02 Å². The summed E-state index contributed by atoms with van der Waals surface area (Å²) < 4.78 is 33.3. The van der Waals surface area contributed by atoms with Crippen LogP contribution in [-0.4, -0.2) is 43.4 Å². The highest BCUT2D eigenvalue weighted by atomic mass is 79.9. The average Bonchev–Trinajstić information content (AvgIpc) is 2.68. The number of rotatable bonds is 3. The summed E-state index contributed by atoms with van der Waals surface area (Å²) in [6.07, 6.45) is -0.311. The van der Waals surface area contributed by atoms with Crippen LogP contribution in [0.1, 0.15) is 13.8 Å². The first-order valence-electron chi connectivity index (χ1n) is 5.84. The lowest BCUT2D eigenvalue weighted by atomic mass is 10.1. The quantitative estimate of drug-likeness (QED) is 0.699. The van der Waals surface area contributed by atoms with Gasteiger partial charge in [-0.1, -0.05) is 11.6 Å². The van der Waals surface area contributed by atoms with Crippen molar-refractivity contribution in [1.82, 2.24) is 4.31 Å².